The molecule has 0 aliphatic heterocycles. The molecular weight excluding hydrogens is 431 g/mol. The van der Waals surface area contributed by atoms with Crippen LogP contribution in [0, 0.1) is 17.0 Å². The maximum atomic E-state index is 13.3. The van der Waals surface area contributed by atoms with Gasteiger partial charge in [-0.1, -0.05) is 18.2 Å². The lowest BCUT2D eigenvalue weighted by atomic mass is 10.1. The number of nitro benzene ring substituents is 1. The Morgan fingerprint density at radius 3 is 2.50 bits per heavy atom. The van der Waals surface area contributed by atoms with Gasteiger partial charge in [0, 0.05) is 23.2 Å². The zero-order valence-electron chi connectivity index (χ0n) is 16.8. The Morgan fingerprint density at radius 2 is 1.84 bits per heavy atom. The van der Waals surface area contributed by atoms with E-state index in [1.54, 1.807) is 31.2 Å². The molecule has 0 fully saturated rings. The van der Waals surface area contributed by atoms with Crippen molar-refractivity contribution in [3.05, 3.63) is 75.5 Å². The molecule has 1 atom stereocenters. The average molecular weight is 447 g/mol. The van der Waals surface area contributed by atoms with E-state index in [4.69, 9.17) is 4.74 Å². The third kappa shape index (κ3) is 4.82. The van der Waals surface area contributed by atoms with Crippen LogP contribution < -0.4 is 5.32 Å². The number of esters is 1. The molecule has 0 spiro atoms. The van der Waals surface area contributed by atoms with Crippen molar-refractivity contribution >= 4 is 34.2 Å². The summed E-state index contributed by atoms with van der Waals surface area (Å²) in [6.07, 6.45) is -6.41. The maximum absolute atomic E-state index is 13.3. The standard InChI is InChI=1S/C21H16F3N3O5/c1-11-9-15(14-5-3-4-6-17(14)25-11)20(29)32-12(2)19(28)26-18-8-7-13(27(30)31)10-16(18)21(22,23)24/h3-10,12H,1-2H3,(H,26,28). The van der Waals surface area contributed by atoms with Gasteiger partial charge in [-0.3, -0.25) is 19.9 Å². The number of anilines is 1. The fraction of sp³-hybridized carbons (Fsp3) is 0.190. The van der Waals surface area contributed by atoms with Crippen molar-refractivity contribution in [2.24, 2.45) is 0 Å². The molecule has 8 nitrogen and oxygen atoms in total. The van der Waals surface area contributed by atoms with Crippen molar-refractivity contribution in [3.63, 3.8) is 0 Å². The van der Waals surface area contributed by atoms with Crippen LogP contribution in [0.3, 0.4) is 0 Å². The lowest BCUT2D eigenvalue weighted by molar-refractivity contribution is -0.385. The Bertz CT molecular complexity index is 1230. The summed E-state index contributed by atoms with van der Waals surface area (Å²) in [6.45, 7) is 2.87. The Balaban J connectivity index is 1.82. The first-order valence-corrected chi connectivity index (χ1v) is 9.21. The minimum absolute atomic E-state index is 0.152. The van der Waals surface area contributed by atoms with E-state index in [0.29, 0.717) is 22.7 Å². The quantitative estimate of drug-likeness (QED) is 0.346. The molecule has 32 heavy (non-hydrogen) atoms. The molecule has 1 unspecified atom stereocenters. The van der Waals surface area contributed by atoms with Crippen LogP contribution in [-0.2, 0) is 15.7 Å². The van der Waals surface area contributed by atoms with Crippen molar-refractivity contribution in [3.8, 4) is 0 Å². The van der Waals surface area contributed by atoms with E-state index in [1.165, 1.54) is 13.0 Å². The van der Waals surface area contributed by atoms with Gasteiger partial charge in [0.2, 0.25) is 0 Å². The first-order chi connectivity index (χ1) is 15.0. The summed E-state index contributed by atoms with van der Waals surface area (Å²) >= 11 is 0. The molecule has 1 heterocycles. The van der Waals surface area contributed by atoms with Gasteiger partial charge in [0.25, 0.3) is 11.6 Å². The summed E-state index contributed by atoms with van der Waals surface area (Å²) in [4.78, 5) is 39.1. The van der Waals surface area contributed by atoms with Crippen LogP contribution in [0.1, 0.15) is 28.5 Å². The van der Waals surface area contributed by atoms with E-state index in [-0.39, 0.29) is 5.56 Å². The number of hydrogen-bond acceptors (Lipinski definition) is 6. The zero-order chi connectivity index (χ0) is 23.6. The molecule has 0 aliphatic rings. The number of fused-ring (bicyclic) bond motifs is 1. The highest BCUT2D eigenvalue weighted by atomic mass is 19.4. The largest absolute Gasteiger partial charge is 0.449 e. The van der Waals surface area contributed by atoms with E-state index in [9.17, 15) is 32.9 Å². The fourth-order valence-corrected chi connectivity index (χ4v) is 2.98. The second-order valence-electron chi connectivity index (χ2n) is 6.85. The number of pyridine rings is 1. The number of halogens is 3. The van der Waals surface area contributed by atoms with Gasteiger partial charge in [-0.2, -0.15) is 13.2 Å². The van der Waals surface area contributed by atoms with Crippen molar-refractivity contribution in [1.82, 2.24) is 4.98 Å². The third-order valence-electron chi connectivity index (χ3n) is 4.49. The molecule has 0 saturated heterocycles. The third-order valence-corrected chi connectivity index (χ3v) is 4.49. The Kier molecular flexibility index (Phi) is 6.10. The number of non-ortho nitro benzene ring substituents is 1. The molecule has 0 aliphatic carbocycles. The lowest BCUT2D eigenvalue weighted by Crippen LogP contribution is -2.31. The van der Waals surface area contributed by atoms with Gasteiger partial charge in [-0.05, 0) is 32.0 Å². The summed E-state index contributed by atoms with van der Waals surface area (Å²) < 4.78 is 45.0. The topological polar surface area (TPSA) is 111 Å². The second kappa shape index (κ2) is 8.61. The van der Waals surface area contributed by atoms with Crippen molar-refractivity contribution in [2.45, 2.75) is 26.1 Å². The number of carbonyl (C=O) groups is 2. The minimum Gasteiger partial charge on any atom is -0.449 e. The van der Waals surface area contributed by atoms with Crippen molar-refractivity contribution < 1.29 is 32.4 Å². The van der Waals surface area contributed by atoms with E-state index in [0.717, 1.165) is 12.1 Å². The molecule has 2 aromatic carbocycles. The predicted octanol–water partition coefficient (Wildman–Crippen LogP) is 4.65. The van der Waals surface area contributed by atoms with Crippen LogP contribution in [-0.4, -0.2) is 27.9 Å². The number of para-hydroxylation sites is 1. The average Bonchev–Trinajstić information content (AvgIpc) is 2.72. The summed E-state index contributed by atoms with van der Waals surface area (Å²) in [5.74, 6) is -1.89. The molecule has 1 amide bonds. The number of aryl methyl sites for hydroxylation is 1. The Hall–Kier alpha value is -4.02. The number of nitrogens with zero attached hydrogens (tertiary/aromatic N) is 2. The van der Waals surface area contributed by atoms with E-state index in [1.807, 2.05) is 5.32 Å². The molecule has 0 bridgehead atoms. The number of carbonyl (C=O) groups excluding carboxylic acids is 2. The van der Waals surface area contributed by atoms with Gasteiger partial charge < -0.3 is 10.1 Å². The van der Waals surface area contributed by atoms with Gasteiger partial charge in [0.05, 0.1) is 27.3 Å². The van der Waals surface area contributed by atoms with Crippen LogP contribution in [0.4, 0.5) is 24.5 Å². The molecular formula is C21H16F3N3O5. The number of nitrogens with one attached hydrogen (secondary N) is 1. The van der Waals surface area contributed by atoms with Crippen LogP contribution in [0.5, 0.6) is 0 Å². The maximum Gasteiger partial charge on any atom is 0.418 e. The van der Waals surface area contributed by atoms with Gasteiger partial charge >= 0.3 is 12.1 Å². The molecule has 0 saturated carbocycles. The number of nitro groups is 1. The SMILES string of the molecule is Cc1cc(C(=O)OC(C)C(=O)Nc2ccc([N+](=O)[O-])cc2C(F)(F)F)c2ccccc2n1. The molecule has 1 N–H and O–H groups in total. The summed E-state index contributed by atoms with van der Waals surface area (Å²) in [6, 6.07) is 10.2. The Morgan fingerprint density at radius 1 is 1.16 bits per heavy atom. The number of benzene rings is 2. The molecule has 11 heteroatoms. The fourth-order valence-electron chi connectivity index (χ4n) is 2.98. The number of ether oxygens (including phenoxy) is 1. The lowest BCUT2D eigenvalue weighted by Gasteiger charge is -2.17. The number of rotatable bonds is 5. The van der Waals surface area contributed by atoms with E-state index < -0.39 is 46.0 Å². The van der Waals surface area contributed by atoms with Gasteiger partial charge in [-0.15, -0.1) is 0 Å². The van der Waals surface area contributed by atoms with E-state index >= 15 is 0 Å². The first-order valence-electron chi connectivity index (χ1n) is 9.21. The molecule has 166 valence electrons. The highest BCUT2D eigenvalue weighted by molar-refractivity contribution is 6.05. The Labute approximate surface area is 179 Å². The molecule has 1 aromatic heterocycles. The monoisotopic (exact) mass is 447 g/mol. The summed E-state index contributed by atoms with van der Waals surface area (Å²) in [5, 5.41) is 13.3. The smallest absolute Gasteiger partial charge is 0.418 e. The normalized spacial score (nSPS) is 12.3. The first kappa shape index (κ1) is 22.7. The van der Waals surface area contributed by atoms with Crippen molar-refractivity contribution in [1.29, 1.82) is 0 Å². The van der Waals surface area contributed by atoms with Crippen LogP contribution in [0.15, 0.2) is 48.5 Å². The van der Waals surface area contributed by atoms with Gasteiger partial charge in [0.1, 0.15) is 0 Å². The molecule has 0 radical (unpaired) electrons. The van der Waals surface area contributed by atoms with Crippen molar-refractivity contribution in [2.75, 3.05) is 5.32 Å². The van der Waals surface area contributed by atoms with Gasteiger partial charge in [0.15, 0.2) is 6.10 Å². The number of amides is 1. The number of aromatic nitrogens is 1. The molecule has 3 aromatic rings. The summed E-state index contributed by atoms with van der Waals surface area (Å²) in [7, 11) is 0. The van der Waals surface area contributed by atoms with Gasteiger partial charge in [-0.25, -0.2) is 4.79 Å². The highest BCUT2D eigenvalue weighted by Crippen LogP contribution is 2.37. The van der Waals surface area contributed by atoms with Crippen LogP contribution in [0.25, 0.3) is 10.9 Å². The molecule has 3 rings (SSSR count). The van der Waals surface area contributed by atoms with E-state index in [2.05, 4.69) is 4.98 Å². The van der Waals surface area contributed by atoms with Crippen LogP contribution in [0.2, 0.25) is 0 Å². The second-order valence-corrected chi connectivity index (χ2v) is 6.85. The predicted molar refractivity (Wildman–Crippen MR) is 108 cm³/mol. The minimum atomic E-state index is -4.96. The number of hydrogen-bond donors (Lipinski definition) is 1. The summed E-state index contributed by atoms with van der Waals surface area (Å²) in [5.41, 5.74) is -1.64. The number of alkyl halides is 3. The van der Waals surface area contributed by atoms with Crippen LogP contribution >= 0.6 is 0 Å². The highest BCUT2D eigenvalue weighted by Gasteiger charge is 2.36. The zero-order valence-corrected chi connectivity index (χ0v) is 16.8.